The van der Waals surface area contributed by atoms with Crippen molar-refractivity contribution in [1.29, 1.82) is 0 Å². The molecule has 22 heavy (non-hydrogen) atoms. The van der Waals surface area contributed by atoms with Gasteiger partial charge in [0.25, 0.3) is 0 Å². The molecule has 0 N–H and O–H groups in total. The molecular formula is C14H10F6N2. The number of benzene rings is 1. The summed E-state index contributed by atoms with van der Waals surface area (Å²) in [5, 5.41) is 6.64. The standard InChI is InChI=1S/C14H10F6N2/c15-13(16,17)10-5-4-8-12(9-10,14(18,19)20)22-21-11-6-2-1-3-7-11/h1-8H,9H2. The summed E-state index contributed by atoms with van der Waals surface area (Å²) in [6.45, 7) is 0. The van der Waals surface area contributed by atoms with E-state index in [1.165, 1.54) is 24.3 Å². The highest BCUT2D eigenvalue weighted by atomic mass is 19.4. The third-order valence-corrected chi connectivity index (χ3v) is 3.08. The molecule has 0 aliphatic heterocycles. The molecule has 0 radical (unpaired) electrons. The Balaban J connectivity index is 2.38. The minimum absolute atomic E-state index is 0.127. The zero-order valence-electron chi connectivity index (χ0n) is 11.0. The van der Waals surface area contributed by atoms with E-state index in [4.69, 9.17) is 0 Å². The fourth-order valence-electron chi connectivity index (χ4n) is 1.89. The van der Waals surface area contributed by atoms with E-state index in [1.807, 2.05) is 0 Å². The molecule has 0 aromatic heterocycles. The topological polar surface area (TPSA) is 24.7 Å². The number of nitrogens with zero attached hydrogens (tertiary/aromatic N) is 2. The van der Waals surface area contributed by atoms with Gasteiger partial charge < -0.3 is 0 Å². The molecule has 0 fully saturated rings. The number of hydrogen-bond donors (Lipinski definition) is 0. The van der Waals surface area contributed by atoms with Crippen LogP contribution in [-0.2, 0) is 0 Å². The molecule has 1 unspecified atom stereocenters. The maximum absolute atomic E-state index is 13.3. The van der Waals surface area contributed by atoms with E-state index in [0.717, 1.165) is 0 Å². The van der Waals surface area contributed by atoms with Crippen molar-refractivity contribution >= 4 is 5.69 Å². The summed E-state index contributed by atoms with van der Waals surface area (Å²) >= 11 is 0. The Kier molecular flexibility index (Phi) is 4.12. The second kappa shape index (κ2) is 5.58. The third-order valence-electron chi connectivity index (χ3n) is 3.08. The highest BCUT2D eigenvalue weighted by Crippen LogP contribution is 2.45. The number of rotatable bonds is 2. The third kappa shape index (κ3) is 3.37. The molecule has 1 atom stereocenters. The van der Waals surface area contributed by atoms with E-state index in [2.05, 4.69) is 10.2 Å². The number of halogens is 6. The van der Waals surface area contributed by atoms with Crippen LogP contribution in [0.25, 0.3) is 0 Å². The van der Waals surface area contributed by atoms with E-state index in [-0.39, 0.29) is 5.69 Å². The minimum atomic E-state index is -4.99. The van der Waals surface area contributed by atoms with Gasteiger partial charge in [-0.05, 0) is 18.2 Å². The van der Waals surface area contributed by atoms with Crippen LogP contribution in [0.1, 0.15) is 6.42 Å². The van der Waals surface area contributed by atoms with Crippen molar-refractivity contribution < 1.29 is 26.3 Å². The van der Waals surface area contributed by atoms with Crippen LogP contribution in [0.4, 0.5) is 32.0 Å². The fourth-order valence-corrected chi connectivity index (χ4v) is 1.89. The van der Waals surface area contributed by atoms with E-state index < -0.39 is 29.9 Å². The monoisotopic (exact) mass is 320 g/mol. The van der Waals surface area contributed by atoms with Crippen molar-refractivity contribution in [2.45, 2.75) is 24.3 Å². The largest absolute Gasteiger partial charge is 0.419 e. The summed E-state index contributed by atoms with van der Waals surface area (Å²) in [5.74, 6) is 0. The molecule has 0 bridgehead atoms. The first-order chi connectivity index (χ1) is 10.1. The second-order valence-electron chi connectivity index (χ2n) is 4.68. The number of allylic oxidation sites excluding steroid dienone is 2. The van der Waals surface area contributed by atoms with Gasteiger partial charge in [-0.1, -0.05) is 30.4 Å². The summed E-state index contributed by atoms with van der Waals surface area (Å²) in [6, 6.07) is 7.50. The molecule has 0 heterocycles. The fraction of sp³-hybridized carbons (Fsp3) is 0.286. The van der Waals surface area contributed by atoms with E-state index in [9.17, 15) is 26.3 Å². The lowest BCUT2D eigenvalue weighted by Crippen LogP contribution is -2.44. The molecule has 0 saturated heterocycles. The van der Waals surface area contributed by atoms with Crippen LogP contribution in [-0.4, -0.2) is 17.9 Å². The van der Waals surface area contributed by atoms with Gasteiger partial charge in [0.2, 0.25) is 0 Å². The summed E-state index contributed by atoms with van der Waals surface area (Å²) in [7, 11) is 0. The maximum Gasteiger partial charge on any atom is 0.419 e. The Labute approximate surface area is 121 Å². The number of alkyl halides is 6. The molecule has 0 spiro atoms. The van der Waals surface area contributed by atoms with Crippen LogP contribution in [0, 0.1) is 0 Å². The van der Waals surface area contributed by atoms with Gasteiger partial charge in [-0.25, -0.2) is 0 Å². The van der Waals surface area contributed by atoms with Gasteiger partial charge in [0.05, 0.1) is 5.69 Å². The zero-order valence-corrected chi connectivity index (χ0v) is 11.0. The van der Waals surface area contributed by atoms with Gasteiger partial charge in [0.15, 0.2) is 5.54 Å². The summed E-state index contributed by atoms with van der Waals surface area (Å²) in [5.41, 5.74) is -4.18. The minimum Gasteiger partial charge on any atom is -0.168 e. The van der Waals surface area contributed by atoms with Crippen LogP contribution in [0.15, 0.2) is 64.4 Å². The van der Waals surface area contributed by atoms with Crippen LogP contribution < -0.4 is 0 Å². The molecule has 0 amide bonds. The first-order valence-electron chi connectivity index (χ1n) is 6.14. The van der Waals surface area contributed by atoms with Gasteiger partial charge in [-0.2, -0.15) is 36.6 Å². The average molecular weight is 320 g/mol. The van der Waals surface area contributed by atoms with Crippen LogP contribution >= 0.6 is 0 Å². The van der Waals surface area contributed by atoms with Gasteiger partial charge in [0.1, 0.15) is 0 Å². The predicted molar refractivity (Wildman–Crippen MR) is 67.6 cm³/mol. The lowest BCUT2D eigenvalue weighted by molar-refractivity contribution is -0.176. The lowest BCUT2D eigenvalue weighted by atomic mass is 9.86. The van der Waals surface area contributed by atoms with Crippen molar-refractivity contribution in [2.75, 3.05) is 0 Å². The van der Waals surface area contributed by atoms with Crippen molar-refractivity contribution in [2.24, 2.45) is 10.2 Å². The quantitative estimate of drug-likeness (QED) is 0.506. The van der Waals surface area contributed by atoms with Gasteiger partial charge >= 0.3 is 12.4 Å². The second-order valence-corrected chi connectivity index (χ2v) is 4.68. The SMILES string of the molecule is FC(F)(F)C1=CC=CC(N=Nc2ccccc2)(C(F)(F)F)C1. The first kappa shape index (κ1) is 16.3. The molecule has 1 aliphatic rings. The highest BCUT2D eigenvalue weighted by Gasteiger charge is 2.57. The first-order valence-corrected chi connectivity index (χ1v) is 6.14. The Hall–Kier alpha value is -2.12. The normalized spacial score (nSPS) is 22.9. The smallest absolute Gasteiger partial charge is 0.168 e. The van der Waals surface area contributed by atoms with Crippen molar-refractivity contribution in [3.63, 3.8) is 0 Å². The Morgan fingerprint density at radius 2 is 1.59 bits per heavy atom. The van der Waals surface area contributed by atoms with Gasteiger partial charge in [-0.15, -0.1) is 0 Å². The molecule has 1 aromatic carbocycles. The summed E-state index contributed by atoms with van der Waals surface area (Å²) < 4.78 is 77.9. The molecular weight excluding hydrogens is 310 g/mol. The Morgan fingerprint density at radius 1 is 0.955 bits per heavy atom. The molecule has 0 saturated carbocycles. The predicted octanol–water partition coefficient (Wildman–Crippen LogP) is 5.52. The summed E-state index contributed by atoms with van der Waals surface area (Å²) in [6.07, 6.45) is -9.25. The average Bonchev–Trinajstić information content (AvgIpc) is 2.44. The molecule has 118 valence electrons. The zero-order chi connectivity index (χ0) is 16.4. The van der Waals surface area contributed by atoms with E-state index in [1.54, 1.807) is 6.07 Å². The Bertz CT molecular complexity index is 612. The molecule has 1 aliphatic carbocycles. The number of hydrogen-bond acceptors (Lipinski definition) is 2. The highest BCUT2D eigenvalue weighted by molar-refractivity contribution is 5.36. The van der Waals surface area contributed by atoms with Crippen molar-refractivity contribution in [3.05, 3.63) is 54.1 Å². The molecule has 1 aromatic rings. The van der Waals surface area contributed by atoms with Crippen LogP contribution in [0.3, 0.4) is 0 Å². The molecule has 2 nitrogen and oxygen atoms in total. The van der Waals surface area contributed by atoms with E-state index in [0.29, 0.717) is 18.2 Å². The van der Waals surface area contributed by atoms with Crippen LogP contribution in [0.2, 0.25) is 0 Å². The maximum atomic E-state index is 13.3. The Morgan fingerprint density at radius 3 is 2.14 bits per heavy atom. The van der Waals surface area contributed by atoms with Gasteiger partial charge in [0, 0.05) is 12.0 Å². The number of azo groups is 1. The molecule has 8 heteroatoms. The van der Waals surface area contributed by atoms with Crippen molar-refractivity contribution in [3.8, 4) is 0 Å². The molecule has 2 rings (SSSR count). The van der Waals surface area contributed by atoms with Gasteiger partial charge in [-0.3, -0.25) is 0 Å². The van der Waals surface area contributed by atoms with E-state index >= 15 is 0 Å². The van der Waals surface area contributed by atoms with Crippen LogP contribution in [0.5, 0.6) is 0 Å². The summed E-state index contributed by atoms with van der Waals surface area (Å²) in [4.78, 5) is 0. The lowest BCUT2D eigenvalue weighted by Gasteiger charge is -2.31. The van der Waals surface area contributed by atoms with Crippen molar-refractivity contribution in [1.82, 2.24) is 0 Å².